The lowest BCUT2D eigenvalue weighted by Gasteiger charge is -2.60. The lowest BCUT2D eigenvalue weighted by Crippen LogP contribution is -2.61. The van der Waals surface area contributed by atoms with Gasteiger partial charge in [-0.15, -0.1) is 0 Å². The van der Waals surface area contributed by atoms with E-state index in [9.17, 15) is 9.90 Å². The number of carbonyl (C=O) groups is 1. The maximum absolute atomic E-state index is 13.1. The van der Waals surface area contributed by atoms with Gasteiger partial charge in [-0.3, -0.25) is 4.79 Å². The first kappa shape index (κ1) is 15.5. The molecular formula is C22H33NO2. The molecule has 8 fully saturated rings. The largest absolute Gasteiger partial charge is 0.390 e. The minimum Gasteiger partial charge on any atom is -0.390 e. The highest BCUT2D eigenvalue weighted by atomic mass is 16.3. The molecule has 2 N–H and O–H groups in total. The summed E-state index contributed by atoms with van der Waals surface area (Å²) in [4.78, 5) is 13.1. The second kappa shape index (κ2) is 4.82. The Labute approximate surface area is 151 Å². The molecule has 2 atom stereocenters. The van der Waals surface area contributed by atoms with Crippen LogP contribution in [0.1, 0.15) is 83.5 Å². The van der Waals surface area contributed by atoms with Gasteiger partial charge in [-0.2, -0.15) is 0 Å². The van der Waals surface area contributed by atoms with E-state index in [-0.39, 0.29) is 11.0 Å². The minimum atomic E-state index is -0.439. The fourth-order valence-electron chi connectivity index (χ4n) is 9.55. The zero-order valence-electron chi connectivity index (χ0n) is 15.4. The normalized spacial score (nSPS) is 57.9. The van der Waals surface area contributed by atoms with Crippen molar-refractivity contribution in [2.24, 2.45) is 35.0 Å². The third-order valence-corrected chi connectivity index (χ3v) is 9.13. The maximum Gasteiger partial charge on any atom is 0.220 e. The van der Waals surface area contributed by atoms with E-state index in [4.69, 9.17) is 0 Å². The third kappa shape index (κ3) is 2.44. The standard InChI is InChI=1S/C22H33NO2/c24-19(23-21-7-14-1-15(8-21)3-16(2-14)9-21)12-20-5-17-4-18(6-20)11-22(25,10-17)13-20/h14-18,25H,1-13H2,(H,23,24). The Morgan fingerprint density at radius 2 is 1.32 bits per heavy atom. The molecule has 8 saturated carbocycles. The molecule has 3 heteroatoms. The molecule has 8 aliphatic rings. The molecule has 0 radical (unpaired) electrons. The van der Waals surface area contributed by atoms with Crippen molar-refractivity contribution in [2.45, 2.75) is 94.6 Å². The molecule has 8 bridgehead atoms. The summed E-state index contributed by atoms with van der Waals surface area (Å²) < 4.78 is 0. The van der Waals surface area contributed by atoms with Gasteiger partial charge in [0, 0.05) is 12.0 Å². The van der Waals surface area contributed by atoms with E-state index in [1.807, 2.05) is 0 Å². The number of carbonyl (C=O) groups excluding carboxylic acids is 1. The van der Waals surface area contributed by atoms with E-state index in [0.29, 0.717) is 24.2 Å². The number of hydrogen-bond donors (Lipinski definition) is 2. The Bertz CT molecular complexity index is 562. The third-order valence-electron chi connectivity index (χ3n) is 9.13. The predicted octanol–water partition coefficient (Wildman–Crippen LogP) is 3.79. The van der Waals surface area contributed by atoms with Crippen molar-refractivity contribution in [3.8, 4) is 0 Å². The van der Waals surface area contributed by atoms with Crippen molar-refractivity contribution in [2.75, 3.05) is 0 Å². The van der Waals surface area contributed by atoms with Gasteiger partial charge in [0.15, 0.2) is 0 Å². The summed E-state index contributed by atoms with van der Waals surface area (Å²) in [6.45, 7) is 0. The van der Waals surface area contributed by atoms with E-state index >= 15 is 0 Å². The summed E-state index contributed by atoms with van der Waals surface area (Å²) in [6.07, 6.45) is 15.3. The maximum atomic E-state index is 13.1. The first-order valence-corrected chi connectivity index (χ1v) is 10.9. The van der Waals surface area contributed by atoms with Crippen LogP contribution in [0.2, 0.25) is 0 Å². The van der Waals surface area contributed by atoms with Crippen LogP contribution in [-0.2, 0) is 4.79 Å². The zero-order chi connectivity index (χ0) is 16.9. The van der Waals surface area contributed by atoms with Crippen LogP contribution in [0.15, 0.2) is 0 Å². The Kier molecular flexibility index (Phi) is 2.99. The highest BCUT2D eigenvalue weighted by Gasteiger charge is 2.58. The van der Waals surface area contributed by atoms with Gasteiger partial charge in [0.2, 0.25) is 5.91 Å². The van der Waals surface area contributed by atoms with Crippen LogP contribution in [0.25, 0.3) is 0 Å². The summed E-state index contributed by atoms with van der Waals surface area (Å²) in [5.41, 5.74) is -0.179. The minimum absolute atomic E-state index is 0.116. The molecule has 3 nitrogen and oxygen atoms in total. The molecule has 25 heavy (non-hydrogen) atoms. The van der Waals surface area contributed by atoms with Gasteiger partial charge >= 0.3 is 0 Å². The van der Waals surface area contributed by atoms with Crippen molar-refractivity contribution in [3.05, 3.63) is 0 Å². The smallest absolute Gasteiger partial charge is 0.220 e. The Balaban J connectivity index is 1.18. The first-order chi connectivity index (χ1) is 11.9. The van der Waals surface area contributed by atoms with E-state index in [2.05, 4.69) is 5.32 Å². The van der Waals surface area contributed by atoms with Gasteiger partial charge in [0.1, 0.15) is 0 Å². The highest BCUT2D eigenvalue weighted by Crippen LogP contribution is 2.63. The molecule has 0 heterocycles. The molecule has 8 aliphatic carbocycles. The molecule has 138 valence electrons. The topological polar surface area (TPSA) is 49.3 Å². The fraction of sp³-hybridized carbons (Fsp3) is 0.955. The molecule has 0 aromatic carbocycles. The van der Waals surface area contributed by atoms with E-state index in [1.165, 1.54) is 57.8 Å². The summed E-state index contributed by atoms with van der Waals surface area (Å²) in [5.74, 6) is 4.31. The summed E-state index contributed by atoms with van der Waals surface area (Å²) in [7, 11) is 0. The zero-order valence-corrected chi connectivity index (χ0v) is 15.4. The molecule has 0 saturated heterocycles. The van der Waals surface area contributed by atoms with Crippen LogP contribution >= 0.6 is 0 Å². The summed E-state index contributed by atoms with van der Waals surface area (Å²) in [5, 5.41) is 14.5. The van der Waals surface area contributed by atoms with Crippen molar-refractivity contribution < 1.29 is 9.90 Å². The van der Waals surface area contributed by atoms with Crippen LogP contribution in [0.4, 0.5) is 0 Å². The Hall–Kier alpha value is -0.570. The van der Waals surface area contributed by atoms with Gasteiger partial charge in [-0.05, 0) is 112 Å². The average molecular weight is 344 g/mol. The molecule has 8 rings (SSSR count). The van der Waals surface area contributed by atoms with E-state index in [1.54, 1.807) is 0 Å². The summed E-state index contributed by atoms with van der Waals surface area (Å²) >= 11 is 0. The van der Waals surface area contributed by atoms with Crippen LogP contribution in [0.3, 0.4) is 0 Å². The highest BCUT2D eigenvalue weighted by molar-refractivity contribution is 5.77. The summed E-state index contributed by atoms with van der Waals surface area (Å²) in [6, 6.07) is 0. The number of rotatable bonds is 3. The Morgan fingerprint density at radius 1 is 0.800 bits per heavy atom. The number of nitrogens with one attached hydrogen (secondary N) is 1. The second-order valence-electron chi connectivity index (χ2n) is 11.6. The van der Waals surface area contributed by atoms with Crippen LogP contribution in [-0.4, -0.2) is 22.2 Å². The van der Waals surface area contributed by atoms with Gasteiger partial charge in [0.25, 0.3) is 0 Å². The lowest BCUT2D eigenvalue weighted by atomic mass is 9.47. The molecule has 1 amide bonds. The van der Waals surface area contributed by atoms with Gasteiger partial charge in [-0.1, -0.05) is 0 Å². The molecular weight excluding hydrogens is 310 g/mol. The van der Waals surface area contributed by atoms with Crippen molar-refractivity contribution in [3.63, 3.8) is 0 Å². The lowest BCUT2D eigenvalue weighted by molar-refractivity contribution is -0.170. The SMILES string of the molecule is O=C(CC12CC3CC(CC(O)(C3)C1)C2)NC12CC3CC(CC(C3)C1)C2. The van der Waals surface area contributed by atoms with Crippen LogP contribution in [0.5, 0.6) is 0 Å². The predicted molar refractivity (Wildman–Crippen MR) is 95.7 cm³/mol. The van der Waals surface area contributed by atoms with Crippen molar-refractivity contribution in [1.29, 1.82) is 0 Å². The second-order valence-corrected chi connectivity index (χ2v) is 11.6. The molecule has 0 spiro atoms. The molecule has 0 aromatic heterocycles. The molecule has 0 aliphatic heterocycles. The Morgan fingerprint density at radius 3 is 1.84 bits per heavy atom. The van der Waals surface area contributed by atoms with Crippen molar-refractivity contribution in [1.82, 2.24) is 5.32 Å². The van der Waals surface area contributed by atoms with Crippen LogP contribution < -0.4 is 5.32 Å². The average Bonchev–Trinajstić information content (AvgIpc) is 2.40. The fourth-order valence-corrected chi connectivity index (χ4v) is 9.55. The first-order valence-electron chi connectivity index (χ1n) is 10.9. The monoisotopic (exact) mass is 343 g/mol. The number of aliphatic hydroxyl groups is 1. The van der Waals surface area contributed by atoms with E-state index < -0.39 is 5.60 Å². The van der Waals surface area contributed by atoms with Crippen molar-refractivity contribution >= 4 is 5.91 Å². The van der Waals surface area contributed by atoms with E-state index in [0.717, 1.165) is 37.0 Å². The number of hydrogen-bond acceptors (Lipinski definition) is 2. The number of amides is 1. The van der Waals surface area contributed by atoms with Gasteiger partial charge in [-0.25, -0.2) is 0 Å². The molecule has 2 unspecified atom stereocenters. The quantitative estimate of drug-likeness (QED) is 0.819. The van der Waals surface area contributed by atoms with Crippen LogP contribution in [0, 0.1) is 35.0 Å². The van der Waals surface area contributed by atoms with Gasteiger partial charge < -0.3 is 10.4 Å². The molecule has 0 aromatic rings. The van der Waals surface area contributed by atoms with Gasteiger partial charge in [0.05, 0.1) is 5.60 Å².